The van der Waals surface area contributed by atoms with E-state index >= 15 is 0 Å². The number of nitrogens with one attached hydrogen (secondary N) is 1. The average Bonchev–Trinajstić information content (AvgIpc) is 3.00. The Kier molecular flexibility index (Phi) is 6.19. The molecule has 1 atom stereocenters. The van der Waals surface area contributed by atoms with Gasteiger partial charge in [-0.25, -0.2) is 4.98 Å². The van der Waals surface area contributed by atoms with E-state index in [4.69, 9.17) is 11.6 Å². The van der Waals surface area contributed by atoms with Gasteiger partial charge in [0.25, 0.3) is 0 Å². The van der Waals surface area contributed by atoms with Crippen molar-refractivity contribution in [2.24, 2.45) is 0 Å². The molecular formula is C17H22ClN3O2. The molecule has 124 valence electrons. The minimum absolute atomic E-state index is 0.112. The van der Waals surface area contributed by atoms with Gasteiger partial charge in [-0.15, -0.1) is 0 Å². The molecule has 5 nitrogen and oxygen atoms in total. The van der Waals surface area contributed by atoms with Crippen LogP contribution < -0.4 is 5.32 Å². The summed E-state index contributed by atoms with van der Waals surface area (Å²) in [6.07, 6.45) is 3.15. The molecule has 1 unspecified atom stereocenters. The molecule has 23 heavy (non-hydrogen) atoms. The summed E-state index contributed by atoms with van der Waals surface area (Å²) in [6.45, 7) is 4.85. The van der Waals surface area contributed by atoms with Crippen LogP contribution in [0.2, 0.25) is 5.02 Å². The highest BCUT2D eigenvalue weighted by Gasteiger charge is 2.13. The lowest BCUT2D eigenvalue weighted by atomic mass is 10.1. The third kappa shape index (κ3) is 4.81. The standard InChI is InChI=1S/C17H22ClN3O2/c1-12(2)17-19-8-10-21(17)9-7-16(23)20-11-15(22)13-5-3-4-6-14(13)18/h3-6,8,10,12,15,22H,7,9,11H2,1-2H3,(H,20,23). The summed E-state index contributed by atoms with van der Waals surface area (Å²) < 4.78 is 1.98. The van der Waals surface area contributed by atoms with Crippen LogP contribution in [0, 0.1) is 0 Å². The minimum atomic E-state index is -0.813. The predicted molar refractivity (Wildman–Crippen MR) is 90.4 cm³/mol. The lowest BCUT2D eigenvalue weighted by Crippen LogP contribution is -2.29. The number of imidazole rings is 1. The zero-order chi connectivity index (χ0) is 16.8. The van der Waals surface area contributed by atoms with Crippen LogP contribution in [0.1, 0.15) is 43.7 Å². The second-order valence-electron chi connectivity index (χ2n) is 5.72. The first-order valence-corrected chi connectivity index (χ1v) is 8.07. The number of amides is 1. The number of carbonyl (C=O) groups excluding carboxylic acids is 1. The minimum Gasteiger partial charge on any atom is -0.387 e. The number of aliphatic hydroxyl groups excluding tert-OH is 1. The lowest BCUT2D eigenvalue weighted by molar-refractivity contribution is -0.121. The topological polar surface area (TPSA) is 67.2 Å². The van der Waals surface area contributed by atoms with E-state index in [-0.39, 0.29) is 12.5 Å². The quantitative estimate of drug-likeness (QED) is 0.817. The average molecular weight is 336 g/mol. The van der Waals surface area contributed by atoms with E-state index in [1.165, 1.54) is 0 Å². The summed E-state index contributed by atoms with van der Waals surface area (Å²) in [5.41, 5.74) is 0.617. The SMILES string of the molecule is CC(C)c1nccn1CCC(=O)NCC(O)c1ccccc1Cl. The lowest BCUT2D eigenvalue weighted by Gasteiger charge is -2.14. The Morgan fingerprint density at radius 3 is 2.83 bits per heavy atom. The van der Waals surface area contributed by atoms with E-state index in [2.05, 4.69) is 24.1 Å². The first-order chi connectivity index (χ1) is 11.0. The summed E-state index contributed by atoms with van der Waals surface area (Å²) in [5, 5.41) is 13.3. The van der Waals surface area contributed by atoms with Crippen molar-refractivity contribution in [2.45, 2.75) is 38.8 Å². The maximum absolute atomic E-state index is 12.0. The molecule has 0 saturated heterocycles. The van der Waals surface area contributed by atoms with Gasteiger partial charge in [-0.3, -0.25) is 4.79 Å². The second-order valence-corrected chi connectivity index (χ2v) is 6.13. The molecule has 0 aliphatic heterocycles. The van der Waals surface area contributed by atoms with Crippen molar-refractivity contribution in [3.63, 3.8) is 0 Å². The Bertz CT molecular complexity index is 655. The summed E-state index contributed by atoms with van der Waals surface area (Å²) in [4.78, 5) is 16.2. The van der Waals surface area contributed by atoms with Crippen molar-refractivity contribution in [3.8, 4) is 0 Å². The summed E-state index contributed by atoms with van der Waals surface area (Å²) in [7, 11) is 0. The van der Waals surface area contributed by atoms with Crippen LogP contribution in [0.25, 0.3) is 0 Å². The van der Waals surface area contributed by atoms with Crippen molar-refractivity contribution in [3.05, 3.63) is 53.1 Å². The fourth-order valence-electron chi connectivity index (χ4n) is 2.39. The Balaban J connectivity index is 1.81. The molecule has 0 radical (unpaired) electrons. The maximum atomic E-state index is 12.0. The number of benzene rings is 1. The molecule has 0 saturated carbocycles. The summed E-state index contributed by atoms with van der Waals surface area (Å²) >= 11 is 6.03. The van der Waals surface area contributed by atoms with Gasteiger partial charge in [0.05, 0.1) is 6.10 Å². The Labute approximate surface area is 141 Å². The molecule has 1 heterocycles. The highest BCUT2D eigenvalue weighted by Crippen LogP contribution is 2.21. The monoisotopic (exact) mass is 335 g/mol. The van der Waals surface area contributed by atoms with Gasteiger partial charge in [-0.05, 0) is 6.07 Å². The molecule has 2 N–H and O–H groups in total. The molecule has 0 aliphatic carbocycles. The van der Waals surface area contributed by atoms with Crippen LogP contribution in [0.15, 0.2) is 36.7 Å². The molecular weight excluding hydrogens is 314 g/mol. The van der Waals surface area contributed by atoms with E-state index < -0.39 is 6.10 Å². The van der Waals surface area contributed by atoms with Gasteiger partial charge in [0, 0.05) is 48.4 Å². The number of aromatic nitrogens is 2. The van der Waals surface area contributed by atoms with Crippen LogP contribution in [-0.2, 0) is 11.3 Å². The number of halogens is 1. The third-order valence-electron chi connectivity index (χ3n) is 3.60. The molecule has 1 amide bonds. The zero-order valence-electron chi connectivity index (χ0n) is 13.4. The number of aliphatic hydroxyl groups is 1. The number of nitrogens with zero attached hydrogens (tertiary/aromatic N) is 2. The molecule has 2 aromatic rings. The van der Waals surface area contributed by atoms with E-state index in [1.807, 2.05) is 10.8 Å². The number of aryl methyl sites for hydroxylation is 1. The molecule has 2 rings (SSSR count). The molecule has 0 bridgehead atoms. The first-order valence-electron chi connectivity index (χ1n) is 7.69. The summed E-state index contributed by atoms with van der Waals surface area (Å²) in [5.74, 6) is 1.17. The first kappa shape index (κ1) is 17.5. The molecule has 1 aromatic carbocycles. The predicted octanol–water partition coefficient (Wildman–Crippen LogP) is 2.90. The molecule has 0 spiro atoms. The van der Waals surface area contributed by atoms with Gasteiger partial charge in [-0.1, -0.05) is 43.6 Å². The molecule has 0 fully saturated rings. The molecule has 1 aromatic heterocycles. The van der Waals surface area contributed by atoms with Crippen LogP contribution in [0.4, 0.5) is 0 Å². The highest BCUT2D eigenvalue weighted by molar-refractivity contribution is 6.31. The smallest absolute Gasteiger partial charge is 0.221 e. The van der Waals surface area contributed by atoms with Crippen LogP contribution >= 0.6 is 11.6 Å². The number of carbonyl (C=O) groups is 1. The van der Waals surface area contributed by atoms with E-state index in [0.717, 1.165) is 5.82 Å². The van der Waals surface area contributed by atoms with Crippen LogP contribution in [-0.4, -0.2) is 27.1 Å². The van der Waals surface area contributed by atoms with Gasteiger partial charge >= 0.3 is 0 Å². The largest absolute Gasteiger partial charge is 0.387 e. The third-order valence-corrected chi connectivity index (χ3v) is 3.94. The fourth-order valence-corrected chi connectivity index (χ4v) is 2.65. The Morgan fingerprint density at radius 1 is 1.39 bits per heavy atom. The van der Waals surface area contributed by atoms with Crippen molar-refractivity contribution >= 4 is 17.5 Å². The number of hydrogen-bond acceptors (Lipinski definition) is 3. The van der Waals surface area contributed by atoms with E-state index in [0.29, 0.717) is 29.5 Å². The van der Waals surface area contributed by atoms with E-state index in [9.17, 15) is 9.90 Å². The van der Waals surface area contributed by atoms with Crippen LogP contribution in [0.5, 0.6) is 0 Å². The molecule has 6 heteroatoms. The van der Waals surface area contributed by atoms with Gasteiger partial charge in [-0.2, -0.15) is 0 Å². The van der Waals surface area contributed by atoms with Crippen molar-refractivity contribution < 1.29 is 9.90 Å². The normalized spacial score (nSPS) is 12.4. The van der Waals surface area contributed by atoms with Gasteiger partial charge in [0.15, 0.2) is 0 Å². The van der Waals surface area contributed by atoms with Crippen molar-refractivity contribution in [1.29, 1.82) is 0 Å². The summed E-state index contributed by atoms with van der Waals surface area (Å²) in [6, 6.07) is 7.07. The van der Waals surface area contributed by atoms with E-state index in [1.54, 1.807) is 30.5 Å². The van der Waals surface area contributed by atoms with Crippen LogP contribution in [0.3, 0.4) is 0 Å². The number of hydrogen-bond donors (Lipinski definition) is 2. The Morgan fingerprint density at radius 2 is 2.13 bits per heavy atom. The van der Waals surface area contributed by atoms with Gasteiger partial charge < -0.3 is 15.0 Å². The fraction of sp³-hybridized carbons (Fsp3) is 0.412. The van der Waals surface area contributed by atoms with Gasteiger partial charge in [0.2, 0.25) is 5.91 Å². The Hall–Kier alpha value is -1.85. The highest BCUT2D eigenvalue weighted by atomic mass is 35.5. The zero-order valence-corrected chi connectivity index (χ0v) is 14.1. The number of rotatable bonds is 7. The van der Waals surface area contributed by atoms with Gasteiger partial charge in [0.1, 0.15) is 5.82 Å². The van der Waals surface area contributed by atoms with Crippen molar-refractivity contribution in [1.82, 2.24) is 14.9 Å². The molecule has 0 aliphatic rings. The maximum Gasteiger partial charge on any atom is 0.221 e. The second kappa shape index (κ2) is 8.13. The van der Waals surface area contributed by atoms with Crippen molar-refractivity contribution in [2.75, 3.05) is 6.54 Å².